The number of aliphatic carboxylic acids is 1. The molecule has 1 aromatic heterocycles. The summed E-state index contributed by atoms with van der Waals surface area (Å²) in [5.41, 5.74) is 1.61. The standard InChI is InChI=1S/C25H22BF3N2O4/c26-13-19(15-35-21-8-3-17(4-9-21)24(34)30-12-11-23(32)33)18-5-10-22(31-14-18)16-1-6-20(7-2-16)25(27,28)29/h1-10,13-14,19,26H,11-12,15H2,(H,30,34)(H,32,33). The number of halogens is 3. The number of pyridine rings is 1. The number of nitrogens with one attached hydrogen (secondary N) is 1. The van der Waals surface area contributed by atoms with Gasteiger partial charge in [-0.3, -0.25) is 4.79 Å². The van der Waals surface area contributed by atoms with Crippen molar-refractivity contribution in [3.63, 3.8) is 0 Å². The van der Waals surface area contributed by atoms with Crippen LogP contribution >= 0.6 is 0 Å². The number of hydrogen-bond donors (Lipinski definition) is 2. The average Bonchev–Trinajstić information content (AvgIpc) is 2.84. The van der Waals surface area contributed by atoms with Crippen molar-refractivity contribution in [1.29, 1.82) is 0 Å². The number of ether oxygens (including phenoxy) is 1. The zero-order valence-corrected chi connectivity index (χ0v) is 18.6. The number of nitrogens with zero attached hydrogens (tertiary/aromatic N) is 1. The molecule has 1 amide bonds. The summed E-state index contributed by atoms with van der Waals surface area (Å²) in [6.45, 7) is 0.300. The van der Waals surface area contributed by atoms with E-state index >= 15 is 0 Å². The van der Waals surface area contributed by atoms with Crippen molar-refractivity contribution >= 4 is 25.3 Å². The van der Waals surface area contributed by atoms with Gasteiger partial charge in [0.2, 0.25) is 0 Å². The van der Waals surface area contributed by atoms with E-state index in [4.69, 9.17) is 9.84 Å². The Balaban J connectivity index is 1.58. The predicted molar refractivity (Wildman–Crippen MR) is 127 cm³/mol. The molecular weight excluding hydrogens is 460 g/mol. The Kier molecular flexibility index (Phi) is 8.41. The molecule has 0 saturated heterocycles. The Morgan fingerprint density at radius 3 is 2.29 bits per heavy atom. The maximum atomic E-state index is 12.7. The number of rotatable bonds is 10. The molecule has 0 bridgehead atoms. The van der Waals surface area contributed by atoms with Gasteiger partial charge in [0.25, 0.3) is 0 Å². The first-order valence-corrected chi connectivity index (χ1v) is 10.7. The number of amides is 1. The summed E-state index contributed by atoms with van der Waals surface area (Å²) in [6, 6.07) is 14.8. The van der Waals surface area contributed by atoms with Gasteiger partial charge in [0.15, 0.2) is 0 Å². The van der Waals surface area contributed by atoms with Crippen LogP contribution in [0.5, 0.6) is 5.75 Å². The molecule has 0 aliphatic carbocycles. The summed E-state index contributed by atoms with van der Waals surface area (Å²) in [5.74, 6) is 0.687. The van der Waals surface area contributed by atoms with Crippen LogP contribution < -0.4 is 10.1 Å². The fraction of sp³-hybridized carbons (Fsp3) is 0.200. The van der Waals surface area contributed by atoms with Crippen LogP contribution in [0.1, 0.15) is 33.8 Å². The molecule has 2 aromatic carbocycles. The van der Waals surface area contributed by atoms with Crippen molar-refractivity contribution in [2.45, 2.75) is 18.5 Å². The van der Waals surface area contributed by atoms with Crippen LogP contribution in [-0.2, 0) is 11.0 Å². The second kappa shape index (κ2) is 11.5. The van der Waals surface area contributed by atoms with Gasteiger partial charge in [-0.1, -0.05) is 0 Å². The molecular formula is C25H22BF3N2O4. The van der Waals surface area contributed by atoms with Crippen LogP contribution in [0.4, 0.5) is 13.2 Å². The third-order valence-corrected chi connectivity index (χ3v) is 5.18. The van der Waals surface area contributed by atoms with Crippen LogP contribution in [0.2, 0.25) is 0 Å². The summed E-state index contributed by atoms with van der Waals surface area (Å²) in [5, 5.41) is 11.2. The summed E-state index contributed by atoms with van der Waals surface area (Å²) in [7, 11) is 3.83. The van der Waals surface area contributed by atoms with E-state index in [0.29, 0.717) is 22.6 Å². The van der Waals surface area contributed by atoms with E-state index in [2.05, 4.69) is 17.8 Å². The third-order valence-electron chi connectivity index (χ3n) is 5.18. The molecule has 0 aliphatic heterocycles. The van der Waals surface area contributed by atoms with Crippen molar-refractivity contribution in [3.05, 3.63) is 83.6 Å². The molecule has 6 nitrogen and oxygen atoms in total. The Morgan fingerprint density at radius 2 is 1.74 bits per heavy atom. The normalized spacial score (nSPS) is 11.9. The van der Waals surface area contributed by atoms with E-state index in [1.807, 2.05) is 6.07 Å². The third kappa shape index (κ3) is 7.27. The summed E-state index contributed by atoms with van der Waals surface area (Å²) < 4.78 is 44.1. The molecule has 2 N–H and O–H groups in total. The van der Waals surface area contributed by atoms with Gasteiger partial charge in [-0.05, 0) is 0 Å². The zero-order chi connectivity index (χ0) is 25.4. The van der Waals surface area contributed by atoms with Crippen molar-refractivity contribution < 1.29 is 32.6 Å². The minimum absolute atomic E-state index is 0.0408. The van der Waals surface area contributed by atoms with Gasteiger partial charge >= 0.3 is 191 Å². The first kappa shape index (κ1) is 25.7. The molecule has 1 unspecified atom stereocenters. The van der Waals surface area contributed by atoms with Gasteiger partial charge < -0.3 is 5.11 Å². The molecule has 1 heterocycles. The molecule has 0 spiro atoms. The van der Waals surface area contributed by atoms with Crippen LogP contribution in [0.3, 0.4) is 0 Å². The van der Waals surface area contributed by atoms with E-state index in [9.17, 15) is 22.8 Å². The van der Waals surface area contributed by atoms with Crippen LogP contribution in [0.25, 0.3) is 11.3 Å². The number of carbonyl (C=O) groups excluding carboxylic acids is 1. The first-order chi connectivity index (χ1) is 16.7. The van der Waals surface area contributed by atoms with Gasteiger partial charge in [0, 0.05) is 0 Å². The number of carboxylic acid groups (broad SMARTS) is 1. The Bertz CT molecular complexity index is 1170. The van der Waals surface area contributed by atoms with E-state index in [0.717, 1.165) is 17.7 Å². The molecule has 180 valence electrons. The summed E-state index contributed by atoms with van der Waals surface area (Å²) in [6.07, 6.45) is -2.91. The van der Waals surface area contributed by atoms with Crippen molar-refractivity contribution in [2.24, 2.45) is 0 Å². The molecule has 0 radical (unpaired) electrons. The predicted octanol–water partition coefficient (Wildman–Crippen LogP) is 3.84. The Hall–Kier alpha value is -3.95. The second-order valence-electron chi connectivity index (χ2n) is 7.63. The van der Waals surface area contributed by atoms with Gasteiger partial charge in [-0.2, -0.15) is 0 Å². The number of benzene rings is 2. The molecule has 10 heteroatoms. The van der Waals surface area contributed by atoms with Gasteiger partial charge in [0.05, 0.1) is 0 Å². The number of hydrogen-bond acceptors (Lipinski definition) is 4. The summed E-state index contributed by atoms with van der Waals surface area (Å²) in [4.78, 5) is 26.9. The zero-order valence-electron chi connectivity index (χ0n) is 18.6. The summed E-state index contributed by atoms with van der Waals surface area (Å²) >= 11 is 0. The fourth-order valence-corrected chi connectivity index (χ4v) is 3.20. The SMILES string of the molecule is B=CC(COc1ccc(C(=O)NCCC(=O)O)cc1)c1ccc(-c2ccc(C(F)(F)F)cc2)nc1. The molecule has 35 heavy (non-hydrogen) atoms. The number of carboxylic acids is 1. The van der Waals surface area contributed by atoms with Gasteiger partial charge in [0.1, 0.15) is 0 Å². The van der Waals surface area contributed by atoms with E-state index < -0.39 is 17.7 Å². The van der Waals surface area contributed by atoms with Crippen molar-refractivity contribution in [1.82, 2.24) is 10.3 Å². The number of carbonyl (C=O) groups is 2. The number of alkyl halides is 3. The number of aromatic nitrogens is 1. The van der Waals surface area contributed by atoms with Crippen molar-refractivity contribution in [2.75, 3.05) is 13.2 Å². The first-order valence-electron chi connectivity index (χ1n) is 10.7. The van der Waals surface area contributed by atoms with E-state index in [1.165, 1.54) is 12.1 Å². The van der Waals surface area contributed by atoms with Crippen LogP contribution in [0.15, 0.2) is 66.9 Å². The van der Waals surface area contributed by atoms with Crippen LogP contribution in [0, 0.1) is 0 Å². The molecule has 1 atom stereocenters. The molecule has 0 saturated carbocycles. The molecule has 0 fully saturated rings. The minimum atomic E-state index is -4.39. The van der Waals surface area contributed by atoms with Gasteiger partial charge in [-0.25, -0.2) is 0 Å². The average molecular weight is 482 g/mol. The fourth-order valence-electron chi connectivity index (χ4n) is 3.20. The quantitative estimate of drug-likeness (QED) is 0.429. The van der Waals surface area contributed by atoms with Gasteiger partial charge in [-0.15, -0.1) is 0 Å². The monoisotopic (exact) mass is 482 g/mol. The molecule has 0 aliphatic rings. The van der Waals surface area contributed by atoms with E-state index in [1.54, 1.807) is 42.5 Å². The topological polar surface area (TPSA) is 88.5 Å². The Labute approximate surface area is 200 Å². The second-order valence-corrected chi connectivity index (χ2v) is 7.63. The van der Waals surface area contributed by atoms with E-state index in [-0.39, 0.29) is 31.4 Å². The molecule has 3 rings (SSSR count). The molecule has 3 aromatic rings. The van der Waals surface area contributed by atoms with Crippen molar-refractivity contribution in [3.8, 4) is 17.0 Å². The maximum absolute atomic E-state index is 12.7. The Morgan fingerprint density at radius 1 is 1.06 bits per heavy atom. The van der Waals surface area contributed by atoms with Crippen LogP contribution in [-0.4, -0.2) is 48.6 Å².